The van der Waals surface area contributed by atoms with Gasteiger partial charge in [-0.3, -0.25) is 9.71 Å². The van der Waals surface area contributed by atoms with E-state index in [-0.39, 0.29) is 11.0 Å². The number of benzene rings is 2. The largest absolute Gasteiger partial charge is 0.491 e. The van der Waals surface area contributed by atoms with Crippen LogP contribution in [-0.4, -0.2) is 19.5 Å². The minimum atomic E-state index is -3.74. The summed E-state index contributed by atoms with van der Waals surface area (Å²) in [6.07, 6.45) is 1.73. The van der Waals surface area contributed by atoms with Crippen molar-refractivity contribution in [1.29, 1.82) is 0 Å². The standard InChI is InChI=1S/C19H20N2O3S/c1-13(2)24-17-9-7-16(8-10-17)21-25(22,23)18-6-4-5-15-11-14(3)12-20-19(15)18/h4-13,21H,1-3H3. The number of nitrogens with one attached hydrogen (secondary N) is 1. The van der Waals surface area contributed by atoms with Crippen molar-refractivity contribution in [2.45, 2.75) is 31.8 Å². The number of pyridine rings is 1. The van der Waals surface area contributed by atoms with E-state index in [1.807, 2.05) is 32.9 Å². The maximum atomic E-state index is 12.8. The Morgan fingerprint density at radius 3 is 2.48 bits per heavy atom. The van der Waals surface area contributed by atoms with Gasteiger partial charge in [0.1, 0.15) is 10.6 Å². The normalized spacial score (nSPS) is 11.7. The van der Waals surface area contributed by atoms with Gasteiger partial charge in [0.2, 0.25) is 0 Å². The van der Waals surface area contributed by atoms with Gasteiger partial charge in [0, 0.05) is 17.3 Å². The van der Waals surface area contributed by atoms with Crippen molar-refractivity contribution in [3.63, 3.8) is 0 Å². The minimum absolute atomic E-state index is 0.0627. The van der Waals surface area contributed by atoms with E-state index in [9.17, 15) is 8.42 Å². The maximum absolute atomic E-state index is 12.8. The van der Waals surface area contributed by atoms with Crippen molar-refractivity contribution in [1.82, 2.24) is 4.98 Å². The summed E-state index contributed by atoms with van der Waals surface area (Å²) in [6, 6.07) is 13.9. The molecule has 0 bridgehead atoms. The minimum Gasteiger partial charge on any atom is -0.491 e. The summed E-state index contributed by atoms with van der Waals surface area (Å²) in [4.78, 5) is 4.46. The smallest absolute Gasteiger partial charge is 0.264 e. The lowest BCUT2D eigenvalue weighted by Gasteiger charge is -2.12. The van der Waals surface area contributed by atoms with E-state index < -0.39 is 10.0 Å². The Labute approximate surface area is 147 Å². The van der Waals surface area contributed by atoms with Crippen molar-refractivity contribution in [3.05, 3.63) is 60.3 Å². The predicted octanol–water partition coefficient (Wildman–Crippen LogP) is 4.13. The molecule has 0 aliphatic heterocycles. The Balaban J connectivity index is 1.92. The number of hydrogen-bond donors (Lipinski definition) is 1. The van der Waals surface area contributed by atoms with E-state index in [0.717, 1.165) is 10.9 Å². The average molecular weight is 356 g/mol. The summed E-state index contributed by atoms with van der Waals surface area (Å²) in [5.41, 5.74) is 1.91. The molecule has 5 nitrogen and oxygen atoms in total. The second-order valence-electron chi connectivity index (χ2n) is 6.14. The zero-order chi connectivity index (χ0) is 18.0. The number of fused-ring (bicyclic) bond motifs is 1. The highest BCUT2D eigenvalue weighted by molar-refractivity contribution is 7.93. The van der Waals surface area contributed by atoms with Crippen LogP contribution in [0.25, 0.3) is 10.9 Å². The fourth-order valence-electron chi connectivity index (χ4n) is 2.54. The maximum Gasteiger partial charge on any atom is 0.264 e. The van der Waals surface area contributed by atoms with Gasteiger partial charge in [0.05, 0.1) is 11.6 Å². The molecule has 0 saturated carbocycles. The average Bonchev–Trinajstić information content (AvgIpc) is 2.55. The quantitative estimate of drug-likeness (QED) is 0.746. The molecule has 0 amide bonds. The van der Waals surface area contributed by atoms with Gasteiger partial charge in [0.25, 0.3) is 10.0 Å². The summed E-state index contributed by atoms with van der Waals surface area (Å²) in [7, 11) is -3.74. The van der Waals surface area contributed by atoms with Gasteiger partial charge < -0.3 is 4.74 Å². The second-order valence-corrected chi connectivity index (χ2v) is 7.79. The first-order chi connectivity index (χ1) is 11.8. The number of nitrogens with zero attached hydrogens (tertiary/aromatic N) is 1. The molecule has 0 aliphatic carbocycles. The van der Waals surface area contributed by atoms with E-state index in [4.69, 9.17) is 4.74 Å². The fourth-order valence-corrected chi connectivity index (χ4v) is 3.78. The van der Waals surface area contributed by atoms with Crippen LogP contribution in [0.15, 0.2) is 59.6 Å². The number of para-hydroxylation sites is 1. The van der Waals surface area contributed by atoms with Gasteiger partial charge in [-0.05, 0) is 62.7 Å². The van der Waals surface area contributed by atoms with Crippen molar-refractivity contribution < 1.29 is 13.2 Å². The predicted molar refractivity (Wildman–Crippen MR) is 99.5 cm³/mol. The molecule has 0 radical (unpaired) electrons. The van der Waals surface area contributed by atoms with E-state index in [0.29, 0.717) is 17.0 Å². The lowest BCUT2D eigenvalue weighted by molar-refractivity contribution is 0.242. The molecule has 130 valence electrons. The van der Waals surface area contributed by atoms with Crippen LogP contribution in [-0.2, 0) is 10.0 Å². The van der Waals surface area contributed by atoms with Gasteiger partial charge >= 0.3 is 0 Å². The molecule has 0 fully saturated rings. The Morgan fingerprint density at radius 2 is 1.80 bits per heavy atom. The molecule has 2 aromatic carbocycles. The van der Waals surface area contributed by atoms with E-state index in [1.54, 1.807) is 42.6 Å². The van der Waals surface area contributed by atoms with Crippen LogP contribution in [0, 0.1) is 6.92 Å². The third-order valence-corrected chi connectivity index (χ3v) is 4.99. The first kappa shape index (κ1) is 17.2. The molecule has 3 rings (SSSR count). The van der Waals surface area contributed by atoms with Gasteiger partial charge in [-0.25, -0.2) is 8.42 Å². The lowest BCUT2D eigenvalue weighted by Crippen LogP contribution is -2.14. The van der Waals surface area contributed by atoms with Crippen LogP contribution in [0.5, 0.6) is 5.75 Å². The van der Waals surface area contributed by atoms with Crippen molar-refractivity contribution >= 4 is 26.6 Å². The van der Waals surface area contributed by atoms with Gasteiger partial charge in [-0.15, -0.1) is 0 Å². The first-order valence-electron chi connectivity index (χ1n) is 8.00. The third-order valence-electron chi connectivity index (χ3n) is 3.58. The molecule has 1 N–H and O–H groups in total. The third kappa shape index (κ3) is 3.91. The topological polar surface area (TPSA) is 68.3 Å². The monoisotopic (exact) mass is 356 g/mol. The molecule has 6 heteroatoms. The van der Waals surface area contributed by atoms with Crippen LogP contribution >= 0.6 is 0 Å². The Kier molecular flexibility index (Phi) is 4.63. The molecule has 0 spiro atoms. The zero-order valence-corrected chi connectivity index (χ0v) is 15.2. The molecule has 0 unspecified atom stereocenters. The van der Waals surface area contributed by atoms with Crippen LogP contribution < -0.4 is 9.46 Å². The molecule has 0 aliphatic rings. The SMILES string of the molecule is Cc1cnc2c(S(=O)(=O)Nc3ccc(OC(C)C)cc3)cccc2c1. The molecule has 1 aromatic heterocycles. The van der Waals surface area contributed by atoms with Crippen molar-refractivity contribution in [3.8, 4) is 5.75 Å². The summed E-state index contributed by atoms with van der Waals surface area (Å²) >= 11 is 0. The molecular formula is C19H20N2O3S. The Morgan fingerprint density at radius 1 is 1.08 bits per heavy atom. The van der Waals surface area contributed by atoms with Crippen molar-refractivity contribution in [2.24, 2.45) is 0 Å². The first-order valence-corrected chi connectivity index (χ1v) is 9.48. The molecule has 0 atom stereocenters. The molecule has 25 heavy (non-hydrogen) atoms. The van der Waals surface area contributed by atoms with E-state index in [1.165, 1.54) is 0 Å². The Bertz CT molecular complexity index is 997. The number of aromatic nitrogens is 1. The number of sulfonamides is 1. The second kappa shape index (κ2) is 6.72. The van der Waals surface area contributed by atoms with Crippen LogP contribution in [0.1, 0.15) is 19.4 Å². The summed E-state index contributed by atoms with van der Waals surface area (Å²) in [6.45, 7) is 5.80. The van der Waals surface area contributed by atoms with E-state index >= 15 is 0 Å². The van der Waals surface area contributed by atoms with Gasteiger partial charge in [-0.1, -0.05) is 12.1 Å². The number of anilines is 1. The van der Waals surface area contributed by atoms with Crippen LogP contribution in [0.4, 0.5) is 5.69 Å². The zero-order valence-electron chi connectivity index (χ0n) is 14.4. The Hall–Kier alpha value is -2.60. The number of ether oxygens (including phenoxy) is 1. The van der Waals surface area contributed by atoms with Crippen LogP contribution in [0.3, 0.4) is 0 Å². The van der Waals surface area contributed by atoms with E-state index in [2.05, 4.69) is 9.71 Å². The molecule has 1 heterocycles. The number of aryl methyl sites for hydroxylation is 1. The van der Waals surface area contributed by atoms with Crippen molar-refractivity contribution in [2.75, 3.05) is 4.72 Å². The summed E-state index contributed by atoms with van der Waals surface area (Å²) < 4.78 is 33.7. The molecule has 0 saturated heterocycles. The molecule has 3 aromatic rings. The number of rotatable bonds is 5. The summed E-state index contributed by atoms with van der Waals surface area (Å²) in [5.74, 6) is 0.695. The highest BCUT2D eigenvalue weighted by atomic mass is 32.2. The van der Waals surface area contributed by atoms with Crippen LogP contribution in [0.2, 0.25) is 0 Å². The summed E-state index contributed by atoms with van der Waals surface area (Å²) in [5, 5.41) is 0.795. The van der Waals surface area contributed by atoms with Gasteiger partial charge in [0.15, 0.2) is 0 Å². The molecular weight excluding hydrogens is 336 g/mol. The number of hydrogen-bond acceptors (Lipinski definition) is 4. The highest BCUT2D eigenvalue weighted by Crippen LogP contribution is 2.25. The fraction of sp³-hybridized carbons (Fsp3) is 0.211. The lowest BCUT2D eigenvalue weighted by atomic mass is 10.2. The van der Waals surface area contributed by atoms with Gasteiger partial charge in [-0.2, -0.15) is 0 Å². The highest BCUT2D eigenvalue weighted by Gasteiger charge is 2.18.